The zero-order valence-electron chi connectivity index (χ0n) is 11.4. The summed E-state index contributed by atoms with van der Waals surface area (Å²) in [5.41, 5.74) is 0.464. The Labute approximate surface area is 117 Å². The van der Waals surface area contributed by atoms with Crippen molar-refractivity contribution in [1.82, 2.24) is 4.72 Å². The van der Waals surface area contributed by atoms with Crippen molar-refractivity contribution in [2.24, 2.45) is 5.92 Å². The first-order valence-corrected chi connectivity index (χ1v) is 8.40. The van der Waals surface area contributed by atoms with Crippen LogP contribution in [0.15, 0.2) is 10.3 Å². The highest BCUT2D eigenvalue weighted by Crippen LogP contribution is 2.27. The maximum absolute atomic E-state index is 12.3. The Bertz CT molecular complexity index is 562. The van der Waals surface area contributed by atoms with Crippen molar-refractivity contribution in [3.8, 4) is 0 Å². The smallest absolute Gasteiger partial charge is 0.347 e. The predicted molar refractivity (Wildman–Crippen MR) is 75.3 cm³/mol. The Morgan fingerprint density at radius 3 is 2.53 bits per heavy atom. The molecule has 108 valence electrons. The molecule has 0 radical (unpaired) electrons. The lowest BCUT2D eigenvalue weighted by molar-refractivity contribution is 0.0698. The van der Waals surface area contributed by atoms with Crippen LogP contribution >= 0.6 is 11.3 Å². The van der Waals surface area contributed by atoms with Gasteiger partial charge in [-0.25, -0.2) is 17.9 Å². The highest BCUT2D eigenvalue weighted by atomic mass is 32.2. The second-order valence-electron chi connectivity index (χ2n) is 4.68. The van der Waals surface area contributed by atoms with E-state index in [1.54, 1.807) is 19.2 Å². The van der Waals surface area contributed by atoms with Gasteiger partial charge in [-0.1, -0.05) is 20.3 Å². The van der Waals surface area contributed by atoms with Gasteiger partial charge >= 0.3 is 5.97 Å². The quantitative estimate of drug-likeness (QED) is 0.845. The summed E-state index contributed by atoms with van der Waals surface area (Å²) in [5.74, 6) is -1.03. The molecule has 0 aliphatic carbocycles. The van der Waals surface area contributed by atoms with E-state index in [-0.39, 0.29) is 21.7 Å². The fourth-order valence-corrected chi connectivity index (χ4v) is 4.67. The van der Waals surface area contributed by atoms with Crippen molar-refractivity contribution in [3.63, 3.8) is 0 Å². The number of carbonyl (C=O) groups is 1. The molecular weight excluding hydrogens is 286 g/mol. The molecule has 0 aromatic carbocycles. The van der Waals surface area contributed by atoms with Crippen LogP contribution in [0.25, 0.3) is 0 Å². The number of rotatable bonds is 6. The number of thiophene rings is 1. The Balaban J connectivity index is 3.14. The van der Waals surface area contributed by atoms with Gasteiger partial charge in [-0.3, -0.25) is 0 Å². The number of carboxylic acid groups (broad SMARTS) is 1. The topological polar surface area (TPSA) is 83.5 Å². The van der Waals surface area contributed by atoms with Crippen molar-refractivity contribution in [2.75, 3.05) is 0 Å². The molecule has 2 N–H and O–H groups in total. The van der Waals surface area contributed by atoms with Gasteiger partial charge in [0.05, 0.1) is 0 Å². The Hall–Kier alpha value is -0.920. The maximum atomic E-state index is 12.3. The minimum atomic E-state index is -3.80. The monoisotopic (exact) mass is 305 g/mol. The predicted octanol–water partition coefficient (Wildman–Crippen LogP) is 2.47. The van der Waals surface area contributed by atoms with Gasteiger partial charge < -0.3 is 5.11 Å². The van der Waals surface area contributed by atoms with E-state index < -0.39 is 16.0 Å². The number of sulfonamides is 1. The van der Waals surface area contributed by atoms with E-state index in [2.05, 4.69) is 4.72 Å². The molecule has 0 saturated carbocycles. The molecule has 19 heavy (non-hydrogen) atoms. The van der Waals surface area contributed by atoms with E-state index in [9.17, 15) is 13.2 Å². The van der Waals surface area contributed by atoms with Crippen LogP contribution in [0.3, 0.4) is 0 Å². The van der Waals surface area contributed by atoms with E-state index in [1.807, 2.05) is 13.8 Å². The third-order valence-electron chi connectivity index (χ3n) is 3.22. The number of aromatic carboxylic acids is 1. The van der Waals surface area contributed by atoms with Crippen molar-refractivity contribution in [1.29, 1.82) is 0 Å². The first-order chi connectivity index (χ1) is 8.70. The van der Waals surface area contributed by atoms with E-state index >= 15 is 0 Å². The van der Waals surface area contributed by atoms with Crippen LogP contribution in [0, 0.1) is 12.8 Å². The average molecular weight is 305 g/mol. The van der Waals surface area contributed by atoms with Gasteiger partial charge in [-0.2, -0.15) is 0 Å². The summed E-state index contributed by atoms with van der Waals surface area (Å²) in [6, 6.07) is -0.240. The van der Waals surface area contributed by atoms with Crippen LogP contribution in [-0.2, 0) is 10.0 Å². The third-order valence-corrected chi connectivity index (χ3v) is 6.18. The second kappa shape index (κ2) is 6.02. The summed E-state index contributed by atoms with van der Waals surface area (Å²) in [5, 5.41) is 10.6. The molecule has 0 aliphatic heterocycles. The molecule has 0 amide bonds. The summed E-state index contributed by atoms with van der Waals surface area (Å²) in [6.45, 7) is 7.32. The van der Waals surface area contributed by atoms with E-state index in [0.717, 1.165) is 17.8 Å². The molecule has 0 aliphatic rings. The SMILES string of the molecule is CCC(C)C(C)NS(=O)(=O)c1c(C)csc1C(=O)O. The fourth-order valence-electron chi connectivity index (χ4n) is 1.69. The summed E-state index contributed by atoms with van der Waals surface area (Å²) in [6.07, 6.45) is 0.845. The number of hydrogen-bond donors (Lipinski definition) is 2. The highest BCUT2D eigenvalue weighted by molar-refractivity contribution is 7.89. The molecule has 0 saturated heterocycles. The lowest BCUT2D eigenvalue weighted by Gasteiger charge is -2.20. The molecule has 1 aromatic rings. The summed E-state index contributed by atoms with van der Waals surface area (Å²) >= 11 is 0.934. The van der Waals surface area contributed by atoms with Gasteiger partial charge in [0, 0.05) is 6.04 Å². The second-order valence-corrected chi connectivity index (χ2v) is 7.21. The van der Waals surface area contributed by atoms with Gasteiger partial charge in [-0.05, 0) is 30.7 Å². The zero-order chi connectivity index (χ0) is 14.8. The van der Waals surface area contributed by atoms with Crippen LogP contribution in [0.5, 0.6) is 0 Å². The highest BCUT2D eigenvalue weighted by Gasteiger charge is 2.28. The standard InChI is InChI=1S/C12H19NO4S2/c1-5-7(2)9(4)13-19(16,17)11-8(3)6-18-10(11)12(14)15/h6-7,9,13H,5H2,1-4H3,(H,14,15). The average Bonchev–Trinajstić information content (AvgIpc) is 2.70. The van der Waals surface area contributed by atoms with Gasteiger partial charge in [0.25, 0.3) is 0 Å². The minimum Gasteiger partial charge on any atom is -0.477 e. The molecule has 1 aromatic heterocycles. The molecule has 0 bridgehead atoms. The third kappa shape index (κ3) is 3.55. The van der Waals surface area contributed by atoms with Crippen LogP contribution in [0.2, 0.25) is 0 Å². The maximum Gasteiger partial charge on any atom is 0.347 e. The van der Waals surface area contributed by atoms with Gasteiger partial charge in [0.2, 0.25) is 10.0 Å². The Kier molecular flexibility index (Phi) is 5.11. The van der Waals surface area contributed by atoms with Crippen molar-refractivity contribution >= 4 is 27.3 Å². The molecule has 1 rings (SSSR count). The normalized spacial score (nSPS) is 15.2. The molecule has 0 spiro atoms. The fraction of sp³-hybridized carbons (Fsp3) is 0.583. The summed E-state index contributed by atoms with van der Waals surface area (Å²) in [7, 11) is -3.80. The first-order valence-electron chi connectivity index (χ1n) is 6.04. The van der Waals surface area contributed by atoms with Gasteiger partial charge in [-0.15, -0.1) is 11.3 Å². The molecule has 2 atom stereocenters. The van der Waals surface area contributed by atoms with Crippen molar-refractivity contribution < 1.29 is 18.3 Å². The molecule has 0 fully saturated rings. The van der Waals surface area contributed by atoms with E-state index in [4.69, 9.17) is 5.11 Å². The Morgan fingerprint density at radius 2 is 2.05 bits per heavy atom. The van der Waals surface area contributed by atoms with E-state index in [1.165, 1.54) is 0 Å². The van der Waals surface area contributed by atoms with Crippen LogP contribution in [-0.4, -0.2) is 25.5 Å². The van der Waals surface area contributed by atoms with Crippen LogP contribution in [0.4, 0.5) is 0 Å². The zero-order valence-corrected chi connectivity index (χ0v) is 13.1. The summed E-state index contributed by atoms with van der Waals surface area (Å²) in [4.78, 5) is 10.8. The number of nitrogens with one attached hydrogen (secondary N) is 1. The number of aryl methyl sites for hydroxylation is 1. The first kappa shape index (κ1) is 16.1. The van der Waals surface area contributed by atoms with E-state index in [0.29, 0.717) is 5.56 Å². The molecule has 2 unspecified atom stereocenters. The lowest BCUT2D eigenvalue weighted by Crippen LogP contribution is -2.37. The van der Waals surface area contributed by atoms with Crippen molar-refractivity contribution in [2.45, 2.75) is 45.1 Å². The van der Waals surface area contributed by atoms with Crippen LogP contribution < -0.4 is 4.72 Å². The van der Waals surface area contributed by atoms with Gasteiger partial charge in [0.1, 0.15) is 9.77 Å². The number of hydrogen-bond acceptors (Lipinski definition) is 4. The minimum absolute atomic E-state index is 0.111. The molecular formula is C12H19NO4S2. The number of carboxylic acids is 1. The molecule has 7 heteroatoms. The van der Waals surface area contributed by atoms with Crippen molar-refractivity contribution in [3.05, 3.63) is 15.8 Å². The van der Waals surface area contributed by atoms with Crippen LogP contribution in [0.1, 0.15) is 42.4 Å². The molecule has 1 heterocycles. The summed E-state index contributed by atoms with van der Waals surface area (Å²) < 4.78 is 27.2. The largest absolute Gasteiger partial charge is 0.477 e. The Morgan fingerprint density at radius 1 is 1.47 bits per heavy atom. The molecule has 5 nitrogen and oxygen atoms in total. The lowest BCUT2D eigenvalue weighted by atomic mass is 10.0. The van der Waals surface area contributed by atoms with Gasteiger partial charge in [0.15, 0.2) is 0 Å².